The largest absolute Gasteiger partial charge is 0.350 e. The molecule has 1 aliphatic rings. The van der Waals surface area contributed by atoms with Crippen molar-refractivity contribution < 1.29 is 4.79 Å². The summed E-state index contributed by atoms with van der Waals surface area (Å²) < 4.78 is 0. The average molecular weight is 270 g/mol. The van der Waals surface area contributed by atoms with E-state index in [4.69, 9.17) is 5.73 Å². The van der Waals surface area contributed by atoms with Crippen LogP contribution in [0.5, 0.6) is 0 Å². The maximum atomic E-state index is 11.9. The van der Waals surface area contributed by atoms with Gasteiger partial charge in [-0.1, -0.05) is 24.3 Å². The zero-order valence-electron chi connectivity index (χ0n) is 11.2. The Bertz CT molecular complexity index is 585. The van der Waals surface area contributed by atoms with Gasteiger partial charge in [-0.25, -0.2) is 0 Å². The molecule has 0 unspecified atom stereocenters. The van der Waals surface area contributed by atoms with Gasteiger partial charge in [0.1, 0.15) is 0 Å². The fraction of sp³-hybridized carbons (Fsp3) is 0.333. The zero-order valence-corrected chi connectivity index (χ0v) is 11.2. The summed E-state index contributed by atoms with van der Waals surface area (Å²) in [5.41, 5.74) is 8.46. The lowest BCUT2D eigenvalue weighted by atomic mass is 9.77. The number of hydrogen-bond acceptors (Lipinski definition) is 3. The van der Waals surface area contributed by atoms with E-state index < -0.39 is 5.54 Å². The molecule has 1 heterocycles. The van der Waals surface area contributed by atoms with Crippen LogP contribution >= 0.6 is 0 Å². The van der Waals surface area contributed by atoms with Gasteiger partial charge < -0.3 is 11.1 Å². The molecule has 4 N–H and O–H groups in total. The molecule has 0 saturated heterocycles. The second-order valence-corrected chi connectivity index (χ2v) is 5.36. The van der Waals surface area contributed by atoms with Crippen molar-refractivity contribution in [3.63, 3.8) is 0 Å². The number of nitrogens with two attached hydrogens (primary N) is 1. The molecule has 0 atom stereocenters. The van der Waals surface area contributed by atoms with Crippen LogP contribution in [0.1, 0.15) is 24.8 Å². The highest BCUT2D eigenvalue weighted by Gasteiger charge is 2.39. The number of carbonyl (C=O) groups excluding carboxylic acids is 1. The Morgan fingerprint density at radius 1 is 1.30 bits per heavy atom. The summed E-state index contributed by atoms with van der Waals surface area (Å²) in [6.45, 7) is 0.515. The van der Waals surface area contributed by atoms with Gasteiger partial charge in [0.05, 0.1) is 11.2 Å². The van der Waals surface area contributed by atoms with Crippen molar-refractivity contribution in [2.75, 3.05) is 0 Å². The lowest BCUT2D eigenvalue weighted by Gasteiger charge is -2.36. The Labute approximate surface area is 117 Å². The molecule has 1 aromatic carbocycles. The first-order valence-corrected chi connectivity index (χ1v) is 6.83. The molecule has 20 heavy (non-hydrogen) atoms. The molecule has 0 radical (unpaired) electrons. The van der Waals surface area contributed by atoms with E-state index in [1.807, 2.05) is 30.3 Å². The second-order valence-electron chi connectivity index (χ2n) is 5.36. The van der Waals surface area contributed by atoms with Crippen LogP contribution in [0.3, 0.4) is 0 Å². The van der Waals surface area contributed by atoms with E-state index in [0.717, 1.165) is 36.1 Å². The molecule has 1 amide bonds. The van der Waals surface area contributed by atoms with E-state index in [2.05, 4.69) is 15.5 Å². The third-order valence-corrected chi connectivity index (χ3v) is 3.92. The number of hydrogen-bond donors (Lipinski definition) is 3. The van der Waals surface area contributed by atoms with Gasteiger partial charge in [-0.15, -0.1) is 0 Å². The number of nitrogens with one attached hydrogen (secondary N) is 2. The number of carbonyl (C=O) groups is 1. The van der Waals surface area contributed by atoms with E-state index in [1.54, 1.807) is 6.20 Å². The van der Waals surface area contributed by atoms with Gasteiger partial charge in [0.2, 0.25) is 5.91 Å². The number of H-pyrrole nitrogens is 1. The van der Waals surface area contributed by atoms with Crippen LogP contribution in [0, 0.1) is 0 Å². The molecule has 0 bridgehead atoms. The predicted molar refractivity (Wildman–Crippen MR) is 76.6 cm³/mol. The lowest BCUT2D eigenvalue weighted by molar-refractivity contribution is -0.129. The standard InChI is InChI=1S/C15H18N4O/c16-15(7-1-8-15)14(20)17-10-11-2-4-12(5-3-11)13-6-9-18-19-13/h2-6,9H,1,7-8,10,16H2,(H,17,20)(H,18,19). The first-order chi connectivity index (χ1) is 9.67. The first-order valence-electron chi connectivity index (χ1n) is 6.83. The summed E-state index contributed by atoms with van der Waals surface area (Å²) in [6.07, 6.45) is 4.35. The van der Waals surface area contributed by atoms with Crippen molar-refractivity contribution in [1.29, 1.82) is 0 Å². The van der Waals surface area contributed by atoms with Crippen molar-refractivity contribution in [3.05, 3.63) is 42.1 Å². The second kappa shape index (κ2) is 5.09. The normalized spacial score (nSPS) is 16.4. The summed E-state index contributed by atoms with van der Waals surface area (Å²) in [5.74, 6) is -0.0404. The van der Waals surface area contributed by atoms with Crippen molar-refractivity contribution in [3.8, 4) is 11.3 Å². The highest BCUT2D eigenvalue weighted by molar-refractivity contribution is 5.86. The van der Waals surface area contributed by atoms with Crippen LogP contribution in [0.2, 0.25) is 0 Å². The summed E-state index contributed by atoms with van der Waals surface area (Å²) >= 11 is 0. The van der Waals surface area contributed by atoms with Gasteiger partial charge in [-0.2, -0.15) is 5.10 Å². The molecular weight excluding hydrogens is 252 g/mol. The van der Waals surface area contributed by atoms with Gasteiger partial charge in [0.25, 0.3) is 0 Å². The van der Waals surface area contributed by atoms with E-state index in [9.17, 15) is 4.79 Å². The van der Waals surface area contributed by atoms with Crippen molar-refractivity contribution in [2.24, 2.45) is 5.73 Å². The number of aromatic nitrogens is 2. The number of nitrogens with zero attached hydrogens (tertiary/aromatic N) is 1. The van der Waals surface area contributed by atoms with E-state index in [1.165, 1.54) is 0 Å². The average Bonchev–Trinajstić information content (AvgIpc) is 2.97. The van der Waals surface area contributed by atoms with Crippen LogP contribution < -0.4 is 11.1 Å². The van der Waals surface area contributed by atoms with E-state index >= 15 is 0 Å². The summed E-state index contributed by atoms with van der Waals surface area (Å²) in [5, 5.41) is 9.76. The quantitative estimate of drug-likeness (QED) is 0.788. The topological polar surface area (TPSA) is 83.8 Å². The highest BCUT2D eigenvalue weighted by Crippen LogP contribution is 2.29. The minimum absolute atomic E-state index is 0.0404. The minimum atomic E-state index is -0.629. The monoisotopic (exact) mass is 270 g/mol. The van der Waals surface area contributed by atoms with Crippen LogP contribution in [-0.4, -0.2) is 21.6 Å². The first kappa shape index (κ1) is 12.9. The van der Waals surface area contributed by atoms with E-state index in [-0.39, 0.29) is 5.91 Å². The third kappa shape index (κ3) is 2.44. The number of amides is 1. The molecule has 104 valence electrons. The summed E-state index contributed by atoms with van der Waals surface area (Å²) in [6, 6.07) is 9.94. The predicted octanol–water partition coefficient (Wildman–Crippen LogP) is 1.57. The maximum absolute atomic E-state index is 11.9. The molecule has 5 nitrogen and oxygen atoms in total. The van der Waals surface area contributed by atoms with E-state index in [0.29, 0.717) is 6.54 Å². The van der Waals surface area contributed by atoms with Crippen LogP contribution in [-0.2, 0) is 11.3 Å². The Balaban J connectivity index is 1.60. The summed E-state index contributed by atoms with van der Waals surface area (Å²) in [7, 11) is 0. The Morgan fingerprint density at radius 2 is 2.05 bits per heavy atom. The molecule has 1 aromatic heterocycles. The van der Waals surface area contributed by atoms with Crippen molar-refractivity contribution in [2.45, 2.75) is 31.3 Å². The molecule has 0 aliphatic heterocycles. The molecule has 2 aromatic rings. The third-order valence-electron chi connectivity index (χ3n) is 3.92. The molecule has 1 fully saturated rings. The fourth-order valence-electron chi connectivity index (χ4n) is 2.36. The maximum Gasteiger partial charge on any atom is 0.240 e. The van der Waals surface area contributed by atoms with Crippen molar-refractivity contribution >= 4 is 5.91 Å². The SMILES string of the molecule is NC1(C(=O)NCc2ccc(-c3ccn[nH]3)cc2)CCC1. The Hall–Kier alpha value is -2.14. The number of rotatable bonds is 4. The van der Waals surface area contributed by atoms with Gasteiger partial charge in [0.15, 0.2) is 0 Å². The van der Waals surface area contributed by atoms with Gasteiger partial charge >= 0.3 is 0 Å². The van der Waals surface area contributed by atoms with Crippen LogP contribution in [0.4, 0.5) is 0 Å². The molecule has 5 heteroatoms. The lowest BCUT2D eigenvalue weighted by Crippen LogP contribution is -2.58. The molecule has 1 saturated carbocycles. The Kier molecular flexibility index (Phi) is 3.28. The molecule has 0 spiro atoms. The van der Waals surface area contributed by atoms with Crippen LogP contribution in [0.25, 0.3) is 11.3 Å². The van der Waals surface area contributed by atoms with Gasteiger partial charge in [-0.3, -0.25) is 9.89 Å². The molecule has 1 aliphatic carbocycles. The summed E-state index contributed by atoms with van der Waals surface area (Å²) in [4.78, 5) is 11.9. The zero-order chi connectivity index (χ0) is 14.0. The highest BCUT2D eigenvalue weighted by atomic mass is 16.2. The number of benzene rings is 1. The number of aromatic amines is 1. The van der Waals surface area contributed by atoms with Gasteiger partial charge in [-0.05, 0) is 36.5 Å². The Morgan fingerprint density at radius 3 is 2.60 bits per heavy atom. The molecule has 3 rings (SSSR count). The molecular formula is C15H18N4O. The van der Waals surface area contributed by atoms with Crippen molar-refractivity contribution in [1.82, 2.24) is 15.5 Å². The van der Waals surface area contributed by atoms with Crippen LogP contribution in [0.15, 0.2) is 36.5 Å². The van der Waals surface area contributed by atoms with Gasteiger partial charge in [0, 0.05) is 12.7 Å². The smallest absolute Gasteiger partial charge is 0.240 e. The fourth-order valence-corrected chi connectivity index (χ4v) is 2.36. The minimum Gasteiger partial charge on any atom is -0.350 e.